The predicted octanol–water partition coefficient (Wildman–Crippen LogP) is 1.25. The first-order valence-electron chi connectivity index (χ1n) is 10.8. The first kappa shape index (κ1) is 20.1. The van der Waals surface area contributed by atoms with Crippen LogP contribution in [-0.2, 0) is 9.59 Å². The maximum absolute atomic E-state index is 12.8. The van der Waals surface area contributed by atoms with Crippen LogP contribution in [0.15, 0.2) is 36.4 Å². The second-order valence-corrected chi connectivity index (χ2v) is 8.52. The molecule has 1 aliphatic carbocycles. The van der Waals surface area contributed by atoms with Crippen molar-refractivity contribution in [2.24, 2.45) is 11.8 Å². The van der Waals surface area contributed by atoms with Gasteiger partial charge in [0, 0.05) is 58.9 Å². The lowest BCUT2D eigenvalue weighted by Gasteiger charge is -2.34. The Labute approximate surface area is 173 Å². The van der Waals surface area contributed by atoms with Crippen LogP contribution in [0.25, 0.3) is 6.08 Å². The number of hydrogen-bond acceptors (Lipinski definition) is 4. The number of carbonyl (C=O) groups excluding carboxylic acids is 2. The van der Waals surface area contributed by atoms with Gasteiger partial charge in [-0.05, 0) is 19.0 Å². The van der Waals surface area contributed by atoms with Crippen molar-refractivity contribution in [3.63, 3.8) is 0 Å². The minimum atomic E-state index is -0.0771. The Morgan fingerprint density at radius 2 is 1.41 bits per heavy atom. The number of likely N-dealkylation sites (N-methyl/N-ethyl adjacent to an activating group) is 1. The van der Waals surface area contributed by atoms with E-state index in [9.17, 15) is 9.59 Å². The molecule has 29 heavy (non-hydrogen) atoms. The van der Waals surface area contributed by atoms with Crippen molar-refractivity contribution >= 4 is 17.9 Å². The molecule has 2 atom stereocenters. The highest BCUT2D eigenvalue weighted by molar-refractivity contribution is 5.92. The van der Waals surface area contributed by atoms with Crippen LogP contribution in [0.2, 0.25) is 0 Å². The third kappa shape index (κ3) is 5.06. The van der Waals surface area contributed by atoms with Gasteiger partial charge in [-0.15, -0.1) is 0 Å². The Morgan fingerprint density at radius 3 is 2.00 bits per heavy atom. The lowest BCUT2D eigenvalue weighted by atomic mass is 10.2. The molecule has 3 fully saturated rings. The third-order valence-corrected chi connectivity index (χ3v) is 6.40. The van der Waals surface area contributed by atoms with Gasteiger partial charge in [0.05, 0.1) is 11.8 Å². The van der Waals surface area contributed by atoms with E-state index >= 15 is 0 Å². The molecule has 2 amide bonds. The van der Waals surface area contributed by atoms with E-state index in [1.165, 1.54) is 5.56 Å². The van der Waals surface area contributed by atoms with Crippen molar-refractivity contribution in [1.82, 2.24) is 19.6 Å². The van der Waals surface area contributed by atoms with Gasteiger partial charge in [0.25, 0.3) is 0 Å². The van der Waals surface area contributed by atoms with Crippen molar-refractivity contribution in [2.45, 2.75) is 6.42 Å². The molecular weight excluding hydrogens is 364 g/mol. The Bertz CT molecular complexity index is 735. The molecule has 2 heterocycles. The monoisotopic (exact) mass is 396 g/mol. The average Bonchev–Trinajstić information content (AvgIpc) is 3.55. The smallest absolute Gasteiger partial charge is 0.226 e. The molecule has 156 valence electrons. The molecule has 4 rings (SSSR count). The Hall–Kier alpha value is -2.18. The average molecular weight is 397 g/mol. The van der Waals surface area contributed by atoms with E-state index in [-0.39, 0.29) is 23.7 Å². The number of nitrogens with zero attached hydrogens (tertiary/aromatic N) is 4. The molecule has 0 N–H and O–H groups in total. The summed E-state index contributed by atoms with van der Waals surface area (Å²) in [5.74, 6) is 0.238. The molecule has 0 aromatic heterocycles. The van der Waals surface area contributed by atoms with Gasteiger partial charge < -0.3 is 14.7 Å². The van der Waals surface area contributed by atoms with Gasteiger partial charge in [-0.25, -0.2) is 0 Å². The quantitative estimate of drug-likeness (QED) is 0.752. The zero-order valence-corrected chi connectivity index (χ0v) is 17.4. The van der Waals surface area contributed by atoms with Crippen molar-refractivity contribution < 1.29 is 9.59 Å². The molecule has 0 radical (unpaired) electrons. The van der Waals surface area contributed by atoms with Crippen LogP contribution >= 0.6 is 0 Å². The van der Waals surface area contributed by atoms with Gasteiger partial charge in [-0.3, -0.25) is 14.5 Å². The predicted molar refractivity (Wildman–Crippen MR) is 114 cm³/mol. The van der Waals surface area contributed by atoms with E-state index in [2.05, 4.69) is 41.1 Å². The Morgan fingerprint density at radius 1 is 0.862 bits per heavy atom. The van der Waals surface area contributed by atoms with Crippen LogP contribution in [0.3, 0.4) is 0 Å². The number of hydrogen-bond donors (Lipinski definition) is 0. The van der Waals surface area contributed by atoms with Crippen molar-refractivity contribution in [1.29, 1.82) is 0 Å². The summed E-state index contributed by atoms with van der Waals surface area (Å²) in [7, 11) is 2.09. The molecule has 6 nitrogen and oxygen atoms in total. The fraction of sp³-hybridized carbons (Fsp3) is 0.565. The fourth-order valence-electron chi connectivity index (χ4n) is 4.29. The van der Waals surface area contributed by atoms with Gasteiger partial charge in [0.2, 0.25) is 11.8 Å². The largest absolute Gasteiger partial charge is 0.340 e. The van der Waals surface area contributed by atoms with Crippen LogP contribution in [0.4, 0.5) is 0 Å². The highest BCUT2D eigenvalue weighted by Crippen LogP contribution is 2.41. The molecule has 1 aromatic rings. The van der Waals surface area contributed by atoms with Gasteiger partial charge in [0.1, 0.15) is 0 Å². The zero-order chi connectivity index (χ0) is 20.2. The van der Waals surface area contributed by atoms with E-state index in [4.69, 9.17) is 0 Å². The van der Waals surface area contributed by atoms with Gasteiger partial charge in [0.15, 0.2) is 0 Å². The second-order valence-electron chi connectivity index (χ2n) is 8.52. The summed E-state index contributed by atoms with van der Waals surface area (Å²) in [5, 5.41) is 0. The summed E-state index contributed by atoms with van der Waals surface area (Å²) >= 11 is 0. The molecule has 2 aliphatic heterocycles. The highest BCUT2D eigenvalue weighted by Gasteiger charge is 2.51. The van der Waals surface area contributed by atoms with E-state index < -0.39 is 0 Å². The van der Waals surface area contributed by atoms with E-state index in [0.717, 1.165) is 65.3 Å². The van der Waals surface area contributed by atoms with E-state index in [1.807, 2.05) is 28.0 Å². The minimum Gasteiger partial charge on any atom is -0.340 e. The Balaban J connectivity index is 1.19. The van der Waals surface area contributed by atoms with E-state index in [0.29, 0.717) is 0 Å². The van der Waals surface area contributed by atoms with Crippen LogP contribution in [0, 0.1) is 11.8 Å². The lowest BCUT2D eigenvalue weighted by molar-refractivity contribution is -0.139. The summed E-state index contributed by atoms with van der Waals surface area (Å²) in [4.78, 5) is 34.0. The highest BCUT2D eigenvalue weighted by atomic mass is 16.2. The molecule has 2 unspecified atom stereocenters. The molecule has 1 saturated carbocycles. The number of rotatable bonds is 5. The molecule has 3 aliphatic rings. The summed E-state index contributed by atoms with van der Waals surface area (Å²) < 4.78 is 0. The molecular formula is C23H32N4O2. The molecule has 0 spiro atoms. The van der Waals surface area contributed by atoms with Crippen molar-refractivity contribution in [2.75, 3.05) is 66.0 Å². The summed E-state index contributed by atoms with van der Waals surface area (Å²) in [5.41, 5.74) is 1.21. The first-order valence-corrected chi connectivity index (χ1v) is 10.8. The van der Waals surface area contributed by atoms with Crippen molar-refractivity contribution in [3.05, 3.63) is 42.0 Å². The molecule has 6 heteroatoms. The number of benzene rings is 1. The third-order valence-electron chi connectivity index (χ3n) is 6.40. The Kier molecular flexibility index (Phi) is 6.31. The standard InChI is InChI=1S/C23H32N4O2/c1-24-10-14-26(15-11-24)22(28)20-18-21(20)23(29)27-16-12-25(13-17-27)9-5-8-19-6-3-2-4-7-19/h2-8,20-21H,9-18H2,1H3/b8-5+. The SMILES string of the molecule is CN1CCN(C(=O)C2CC2C(=O)N2CCN(C/C=C/c3ccccc3)CC2)CC1. The van der Waals surface area contributed by atoms with E-state index in [1.54, 1.807) is 0 Å². The maximum atomic E-state index is 12.8. The van der Waals surface area contributed by atoms with Crippen LogP contribution < -0.4 is 0 Å². The molecule has 1 aromatic carbocycles. The van der Waals surface area contributed by atoms with Gasteiger partial charge in [-0.1, -0.05) is 42.5 Å². The van der Waals surface area contributed by atoms with Crippen LogP contribution in [0.1, 0.15) is 12.0 Å². The summed E-state index contributed by atoms with van der Waals surface area (Å²) in [6.07, 6.45) is 5.08. The molecule has 2 saturated heterocycles. The minimum absolute atomic E-state index is 0.0715. The zero-order valence-electron chi connectivity index (χ0n) is 17.4. The number of carbonyl (C=O) groups is 2. The van der Waals surface area contributed by atoms with Crippen LogP contribution in [0.5, 0.6) is 0 Å². The number of piperazine rings is 2. The normalized spacial score (nSPS) is 26.1. The fourth-order valence-corrected chi connectivity index (χ4v) is 4.29. The second kappa shape index (κ2) is 9.09. The van der Waals surface area contributed by atoms with Crippen molar-refractivity contribution in [3.8, 4) is 0 Å². The molecule has 0 bridgehead atoms. The summed E-state index contributed by atoms with van der Waals surface area (Å²) in [6.45, 7) is 7.68. The lowest BCUT2D eigenvalue weighted by Crippen LogP contribution is -2.50. The number of amides is 2. The first-order chi connectivity index (χ1) is 14.1. The topological polar surface area (TPSA) is 47.1 Å². The van der Waals surface area contributed by atoms with Crippen LogP contribution in [-0.4, -0.2) is 97.4 Å². The van der Waals surface area contributed by atoms with Gasteiger partial charge in [-0.2, -0.15) is 0 Å². The summed E-state index contributed by atoms with van der Waals surface area (Å²) in [6, 6.07) is 10.3. The maximum Gasteiger partial charge on any atom is 0.226 e. The van der Waals surface area contributed by atoms with Gasteiger partial charge >= 0.3 is 0 Å².